The van der Waals surface area contributed by atoms with Gasteiger partial charge in [-0.25, -0.2) is 0 Å². The van der Waals surface area contributed by atoms with E-state index in [0.717, 1.165) is 11.3 Å². The van der Waals surface area contributed by atoms with Gasteiger partial charge in [-0.3, -0.25) is 4.79 Å². The third kappa shape index (κ3) is 2.84. The fourth-order valence-corrected chi connectivity index (χ4v) is 3.10. The molecule has 2 rings (SSSR count). The summed E-state index contributed by atoms with van der Waals surface area (Å²) in [5, 5.41) is 3.10. The number of nitrogens with one attached hydrogen (secondary N) is 1. The van der Waals surface area contributed by atoms with Gasteiger partial charge in [0.1, 0.15) is 11.5 Å². The zero-order valence-corrected chi connectivity index (χ0v) is 12.1. The van der Waals surface area contributed by atoms with E-state index in [2.05, 4.69) is 5.32 Å². The lowest BCUT2D eigenvalue weighted by atomic mass is 9.97. The summed E-state index contributed by atoms with van der Waals surface area (Å²) in [6, 6.07) is 0.0870. The molecule has 19 heavy (non-hydrogen) atoms. The zero-order valence-electron chi connectivity index (χ0n) is 12.1. The van der Waals surface area contributed by atoms with E-state index in [1.807, 2.05) is 20.8 Å². The molecule has 3 N–H and O–H groups in total. The minimum atomic E-state index is -0.0470. The number of rotatable bonds is 4. The van der Waals surface area contributed by atoms with Crippen LogP contribution in [-0.4, -0.2) is 18.5 Å². The van der Waals surface area contributed by atoms with Gasteiger partial charge in [0.15, 0.2) is 0 Å². The number of hydrogen-bond donors (Lipinski definition) is 2. The first-order valence-corrected chi connectivity index (χ1v) is 7.12. The molecular weight excluding hydrogens is 240 g/mol. The van der Waals surface area contributed by atoms with Crippen molar-refractivity contribution < 1.29 is 9.21 Å². The van der Waals surface area contributed by atoms with Gasteiger partial charge in [-0.15, -0.1) is 0 Å². The lowest BCUT2D eigenvalue weighted by Gasteiger charge is -2.23. The summed E-state index contributed by atoms with van der Waals surface area (Å²) in [4.78, 5) is 12.4. The average Bonchev–Trinajstić information content (AvgIpc) is 2.96. The fraction of sp³-hybridized carbons (Fsp3) is 0.667. The summed E-state index contributed by atoms with van der Waals surface area (Å²) < 4.78 is 5.52. The van der Waals surface area contributed by atoms with Crippen molar-refractivity contribution >= 4 is 5.91 Å². The van der Waals surface area contributed by atoms with Gasteiger partial charge in [-0.05, 0) is 39.5 Å². The number of carbonyl (C=O) groups is 1. The van der Waals surface area contributed by atoms with Gasteiger partial charge < -0.3 is 15.5 Å². The molecule has 106 valence electrons. The lowest BCUT2D eigenvalue weighted by molar-refractivity contribution is 0.0922. The maximum Gasteiger partial charge on any atom is 0.255 e. The molecule has 0 aliphatic heterocycles. The zero-order chi connectivity index (χ0) is 14.0. The van der Waals surface area contributed by atoms with Crippen LogP contribution in [0.5, 0.6) is 0 Å². The Hall–Kier alpha value is -1.29. The number of nitrogens with two attached hydrogens (primary N) is 1. The summed E-state index contributed by atoms with van der Waals surface area (Å²) in [6.45, 7) is 6.15. The molecule has 0 aromatic carbocycles. The number of amides is 1. The summed E-state index contributed by atoms with van der Waals surface area (Å²) in [7, 11) is 0. The molecule has 1 amide bonds. The second-order valence-electron chi connectivity index (χ2n) is 5.57. The van der Waals surface area contributed by atoms with Crippen LogP contribution in [0.3, 0.4) is 0 Å². The average molecular weight is 264 g/mol. The summed E-state index contributed by atoms with van der Waals surface area (Å²) in [5.41, 5.74) is 7.43. The molecule has 1 atom stereocenters. The van der Waals surface area contributed by atoms with Gasteiger partial charge in [0.05, 0.1) is 5.56 Å². The molecule has 1 aliphatic rings. The molecule has 0 saturated heterocycles. The molecule has 0 radical (unpaired) electrons. The molecule has 1 saturated carbocycles. The van der Waals surface area contributed by atoms with Gasteiger partial charge in [-0.1, -0.05) is 12.8 Å². The van der Waals surface area contributed by atoms with Crippen LogP contribution >= 0.6 is 0 Å². The SMILES string of the molecule is Cc1oc(C)c(C(=O)NC(CN)C2CCCC2)c1C. The molecular formula is C15H24N2O2. The number of furan rings is 1. The third-order valence-electron chi connectivity index (χ3n) is 4.33. The van der Waals surface area contributed by atoms with E-state index in [1.54, 1.807) is 0 Å². The second kappa shape index (κ2) is 5.78. The van der Waals surface area contributed by atoms with Crippen LogP contribution in [0, 0.1) is 26.7 Å². The van der Waals surface area contributed by atoms with Crippen molar-refractivity contribution in [1.29, 1.82) is 0 Å². The quantitative estimate of drug-likeness (QED) is 0.877. The van der Waals surface area contributed by atoms with E-state index >= 15 is 0 Å². The Balaban J connectivity index is 2.10. The monoisotopic (exact) mass is 264 g/mol. The minimum Gasteiger partial charge on any atom is -0.466 e. The van der Waals surface area contributed by atoms with Crippen LogP contribution in [0.25, 0.3) is 0 Å². The highest BCUT2D eigenvalue weighted by molar-refractivity contribution is 5.97. The largest absolute Gasteiger partial charge is 0.466 e. The first kappa shape index (κ1) is 14.1. The molecule has 1 unspecified atom stereocenters. The van der Waals surface area contributed by atoms with E-state index in [1.165, 1.54) is 25.7 Å². The Morgan fingerprint density at radius 3 is 2.42 bits per heavy atom. The highest BCUT2D eigenvalue weighted by Gasteiger charge is 2.27. The van der Waals surface area contributed by atoms with Crippen molar-refractivity contribution in [2.45, 2.75) is 52.5 Å². The number of hydrogen-bond acceptors (Lipinski definition) is 3. The molecule has 1 aliphatic carbocycles. The fourth-order valence-electron chi connectivity index (χ4n) is 3.10. The summed E-state index contributed by atoms with van der Waals surface area (Å²) in [6.07, 6.45) is 4.84. The highest BCUT2D eigenvalue weighted by Crippen LogP contribution is 2.28. The molecule has 1 heterocycles. The van der Waals surface area contributed by atoms with E-state index < -0.39 is 0 Å². The molecule has 0 spiro atoms. The number of carbonyl (C=O) groups excluding carboxylic acids is 1. The topological polar surface area (TPSA) is 68.3 Å². The predicted octanol–water partition coefficient (Wildman–Crippen LogP) is 2.45. The summed E-state index contributed by atoms with van der Waals surface area (Å²) >= 11 is 0. The second-order valence-corrected chi connectivity index (χ2v) is 5.57. The molecule has 0 bridgehead atoms. The first-order valence-electron chi connectivity index (χ1n) is 7.12. The van der Waals surface area contributed by atoms with Crippen molar-refractivity contribution in [1.82, 2.24) is 5.32 Å². The van der Waals surface area contributed by atoms with Crippen LogP contribution in [-0.2, 0) is 0 Å². The Morgan fingerprint density at radius 2 is 1.95 bits per heavy atom. The Kier molecular flexibility index (Phi) is 4.30. The highest BCUT2D eigenvalue weighted by atomic mass is 16.3. The van der Waals surface area contributed by atoms with Crippen molar-refractivity contribution in [3.8, 4) is 0 Å². The van der Waals surface area contributed by atoms with Gasteiger partial charge in [0.25, 0.3) is 5.91 Å². The Labute approximate surface area is 114 Å². The van der Waals surface area contributed by atoms with Gasteiger partial charge in [-0.2, -0.15) is 0 Å². The Morgan fingerprint density at radius 1 is 1.32 bits per heavy atom. The number of aryl methyl sites for hydroxylation is 2. The first-order chi connectivity index (χ1) is 9.04. The summed E-state index contributed by atoms with van der Waals surface area (Å²) in [5.74, 6) is 1.99. The molecule has 1 fully saturated rings. The minimum absolute atomic E-state index is 0.0470. The molecule has 1 aromatic heterocycles. The van der Waals surface area contributed by atoms with Crippen molar-refractivity contribution in [2.24, 2.45) is 11.7 Å². The van der Waals surface area contributed by atoms with E-state index in [0.29, 0.717) is 23.8 Å². The molecule has 1 aromatic rings. The predicted molar refractivity (Wildman–Crippen MR) is 75.2 cm³/mol. The van der Waals surface area contributed by atoms with Gasteiger partial charge in [0.2, 0.25) is 0 Å². The van der Waals surface area contributed by atoms with Crippen molar-refractivity contribution in [2.75, 3.05) is 6.54 Å². The van der Waals surface area contributed by atoms with Crippen molar-refractivity contribution in [3.05, 3.63) is 22.6 Å². The molecule has 4 nitrogen and oxygen atoms in total. The van der Waals surface area contributed by atoms with E-state index in [-0.39, 0.29) is 11.9 Å². The van der Waals surface area contributed by atoms with E-state index in [4.69, 9.17) is 10.2 Å². The maximum atomic E-state index is 12.4. The van der Waals surface area contributed by atoms with Crippen LogP contribution in [0.2, 0.25) is 0 Å². The maximum absolute atomic E-state index is 12.4. The Bertz CT molecular complexity index is 459. The van der Waals surface area contributed by atoms with E-state index in [9.17, 15) is 4.79 Å². The normalized spacial score (nSPS) is 17.7. The third-order valence-corrected chi connectivity index (χ3v) is 4.33. The smallest absolute Gasteiger partial charge is 0.255 e. The molecule has 4 heteroatoms. The van der Waals surface area contributed by atoms with Crippen molar-refractivity contribution in [3.63, 3.8) is 0 Å². The van der Waals surface area contributed by atoms with Crippen LogP contribution in [0.1, 0.15) is 53.1 Å². The van der Waals surface area contributed by atoms with Crippen LogP contribution < -0.4 is 11.1 Å². The lowest BCUT2D eigenvalue weighted by Crippen LogP contribution is -2.44. The van der Waals surface area contributed by atoms with Gasteiger partial charge >= 0.3 is 0 Å². The standard InChI is InChI=1S/C15H24N2O2/c1-9-10(2)19-11(3)14(9)15(18)17-13(8-16)12-6-4-5-7-12/h12-13H,4-8,16H2,1-3H3,(H,17,18). The van der Waals surface area contributed by atoms with Gasteiger partial charge in [0, 0.05) is 18.2 Å². The van der Waals surface area contributed by atoms with Crippen LogP contribution in [0.4, 0.5) is 0 Å². The van der Waals surface area contributed by atoms with Crippen LogP contribution in [0.15, 0.2) is 4.42 Å².